The average Bonchev–Trinajstić information content (AvgIpc) is 2.81. The van der Waals surface area contributed by atoms with Gasteiger partial charge >= 0.3 is 0 Å². The van der Waals surface area contributed by atoms with Gasteiger partial charge in [-0.25, -0.2) is 0 Å². The summed E-state index contributed by atoms with van der Waals surface area (Å²) in [6.45, 7) is 4.83. The lowest BCUT2D eigenvalue weighted by Gasteiger charge is -2.36. The number of hydrogen-bond donors (Lipinski definition) is 0. The van der Waals surface area contributed by atoms with Crippen molar-refractivity contribution in [2.24, 2.45) is 0 Å². The zero-order chi connectivity index (χ0) is 20.9. The molecule has 7 heteroatoms. The molecule has 30 heavy (non-hydrogen) atoms. The molecule has 2 heterocycles. The van der Waals surface area contributed by atoms with Crippen molar-refractivity contribution >= 4 is 11.6 Å². The molecule has 4 rings (SSSR count). The zero-order valence-electron chi connectivity index (χ0n) is 17.1. The third-order valence-corrected chi connectivity index (χ3v) is 5.10. The highest BCUT2D eigenvalue weighted by molar-refractivity contribution is 5.94. The number of benzene rings is 2. The Bertz CT molecular complexity index is 980. The van der Waals surface area contributed by atoms with Crippen molar-refractivity contribution < 1.29 is 14.3 Å². The van der Waals surface area contributed by atoms with Crippen molar-refractivity contribution in [3.8, 4) is 17.4 Å². The van der Waals surface area contributed by atoms with Crippen molar-refractivity contribution in [3.05, 3.63) is 71.9 Å². The first-order valence-corrected chi connectivity index (χ1v) is 9.89. The van der Waals surface area contributed by atoms with Gasteiger partial charge in [0, 0.05) is 43.5 Å². The summed E-state index contributed by atoms with van der Waals surface area (Å²) < 4.78 is 10.9. The summed E-state index contributed by atoms with van der Waals surface area (Å²) in [6, 6.07) is 18.8. The van der Waals surface area contributed by atoms with E-state index in [9.17, 15) is 4.79 Å². The van der Waals surface area contributed by atoms with Crippen LogP contribution in [0.5, 0.6) is 17.4 Å². The number of hydrogen-bond acceptors (Lipinski definition) is 6. The van der Waals surface area contributed by atoms with Gasteiger partial charge in [-0.2, -0.15) is 5.10 Å². The minimum atomic E-state index is 0.0334. The van der Waals surface area contributed by atoms with Gasteiger partial charge in [-0.1, -0.05) is 0 Å². The molecule has 0 N–H and O–H groups in total. The maximum Gasteiger partial charge on any atom is 0.253 e. The number of carbonyl (C=O) groups is 1. The summed E-state index contributed by atoms with van der Waals surface area (Å²) in [5.41, 5.74) is 2.62. The van der Waals surface area contributed by atoms with Gasteiger partial charge in [0.1, 0.15) is 11.5 Å². The number of aromatic nitrogens is 2. The molecule has 0 unspecified atom stereocenters. The molecule has 3 aromatic rings. The fraction of sp³-hybridized carbons (Fsp3) is 0.261. The van der Waals surface area contributed by atoms with Gasteiger partial charge in [0.2, 0.25) is 5.88 Å². The number of rotatable bonds is 5. The van der Waals surface area contributed by atoms with Crippen LogP contribution >= 0.6 is 0 Å². The van der Waals surface area contributed by atoms with E-state index in [1.165, 1.54) is 0 Å². The summed E-state index contributed by atoms with van der Waals surface area (Å²) in [5, 5.41) is 7.96. The van der Waals surface area contributed by atoms with Crippen LogP contribution in [0.2, 0.25) is 0 Å². The van der Waals surface area contributed by atoms with Crippen molar-refractivity contribution in [1.82, 2.24) is 15.1 Å². The van der Waals surface area contributed by atoms with Crippen LogP contribution in [-0.2, 0) is 0 Å². The second kappa shape index (κ2) is 8.82. The molecular weight excluding hydrogens is 380 g/mol. The fourth-order valence-corrected chi connectivity index (χ4v) is 3.37. The van der Waals surface area contributed by atoms with Gasteiger partial charge in [-0.15, -0.1) is 5.10 Å². The Morgan fingerprint density at radius 3 is 2.10 bits per heavy atom. The highest BCUT2D eigenvalue weighted by atomic mass is 16.5. The number of ether oxygens (including phenoxy) is 2. The topological polar surface area (TPSA) is 67.8 Å². The minimum absolute atomic E-state index is 0.0334. The highest BCUT2D eigenvalue weighted by Gasteiger charge is 2.22. The second-order valence-corrected chi connectivity index (χ2v) is 7.12. The molecule has 1 aliphatic heterocycles. The van der Waals surface area contributed by atoms with Crippen molar-refractivity contribution in [2.75, 3.05) is 38.2 Å². The minimum Gasteiger partial charge on any atom is -0.497 e. The van der Waals surface area contributed by atoms with Crippen LogP contribution in [0.3, 0.4) is 0 Å². The summed E-state index contributed by atoms with van der Waals surface area (Å²) in [7, 11) is 1.66. The van der Waals surface area contributed by atoms with Crippen molar-refractivity contribution in [1.29, 1.82) is 0 Å². The Morgan fingerprint density at radius 1 is 0.833 bits per heavy atom. The predicted molar refractivity (Wildman–Crippen MR) is 114 cm³/mol. The number of aryl methyl sites for hydroxylation is 1. The van der Waals surface area contributed by atoms with E-state index in [1.54, 1.807) is 37.4 Å². The summed E-state index contributed by atoms with van der Waals surface area (Å²) >= 11 is 0. The standard InChI is InChI=1S/C23H24N4O3/c1-17-3-12-22(25-24-17)30-21-8-4-18(5-9-21)23(28)27-15-13-26(14-16-27)19-6-10-20(29-2)11-7-19/h3-12H,13-16H2,1-2H3. The first-order chi connectivity index (χ1) is 14.6. The predicted octanol–water partition coefficient (Wildman–Crippen LogP) is 3.55. The Kier molecular flexibility index (Phi) is 5.79. The monoisotopic (exact) mass is 404 g/mol. The number of anilines is 1. The Morgan fingerprint density at radius 2 is 1.50 bits per heavy atom. The van der Waals surface area contributed by atoms with E-state index in [4.69, 9.17) is 9.47 Å². The van der Waals surface area contributed by atoms with Crippen LogP contribution in [0.15, 0.2) is 60.7 Å². The van der Waals surface area contributed by atoms with Crippen LogP contribution in [0.1, 0.15) is 16.1 Å². The molecule has 0 radical (unpaired) electrons. The van der Waals surface area contributed by atoms with Gasteiger partial charge in [-0.3, -0.25) is 4.79 Å². The molecule has 0 bridgehead atoms. The molecule has 1 amide bonds. The lowest BCUT2D eigenvalue weighted by Crippen LogP contribution is -2.48. The highest BCUT2D eigenvalue weighted by Crippen LogP contribution is 2.22. The Balaban J connectivity index is 1.33. The summed E-state index contributed by atoms with van der Waals surface area (Å²) in [4.78, 5) is 17.0. The molecule has 154 valence electrons. The Labute approximate surface area is 175 Å². The third-order valence-electron chi connectivity index (χ3n) is 5.10. The van der Waals surface area contributed by atoms with Crippen LogP contribution in [0.25, 0.3) is 0 Å². The smallest absolute Gasteiger partial charge is 0.253 e. The first kappa shape index (κ1) is 19.7. The molecule has 1 aromatic heterocycles. The molecule has 7 nitrogen and oxygen atoms in total. The Hall–Kier alpha value is -3.61. The lowest BCUT2D eigenvalue weighted by molar-refractivity contribution is 0.0747. The van der Waals surface area contributed by atoms with Gasteiger partial charge < -0.3 is 19.3 Å². The first-order valence-electron chi connectivity index (χ1n) is 9.89. The van der Waals surface area contributed by atoms with Gasteiger partial charge in [-0.05, 0) is 61.5 Å². The normalized spacial score (nSPS) is 13.8. The van der Waals surface area contributed by atoms with E-state index in [0.717, 1.165) is 30.2 Å². The molecule has 0 aliphatic carbocycles. The van der Waals surface area contributed by atoms with E-state index in [2.05, 4.69) is 15.1 Å². The SMILES string of the molecule is COc1ccc(N2CCN(C(=O)c3ccc(Oc4ccc(C)nn4)cc3)CC2)cc1. The van der Waals surface area contributed by atoms with E-state index >= 15 is 0 Å². The molecule has 1 fully saturated rings. The number of carbonyl (C=O) groups excluding carboxylic acids is 1. The van der Waals surface area contributed by atoms with Crippen molar-refractivity contribution in [3.63, 3.8) is 0 Å². The molecule has 0 spiro atoms. The lowest BCUT2D eigenvalue weighted by atomic mass is 10.1. The summed E-state index contributed by atoms with van der Waals surface area (Å²) in [6.07, 6.45) is 0. The van der Waals surface area contributed by atoms with Crippen LogP contribution in [-0.4, -0.2) is 54.3 Å². The number of nitrogens with zero attached hydrogens (tertiary/aromatic N) is 4. The van der Waals surface area contributed by atoms with Gasteiger partial charge in [0.05, 0.1) is 12.8 Å². The average molecular weight is 404 g/mol. The zero-order valence-corrected chi connectivity index (χ0v) is 17.1. The van der Waals surface area contributed by atoms with Crippen molar-refractivity contribution in [2.45, 2.75) is 6.92 Å². The van der Waals surface area contributed by atoms with Crippen LogP contribution in [0.4, 0.5) is 5.69 Å². The molecule has 1 saturated heterocycles. The molecule has 1 aliphatic rings. The largest absolute Gasteiger partial charge is 0.497 e. The van der Waals surface area contributed by atoms with Crippen LogP contribution < -0.4 is 14.4 Å². The number of amides is 1. The molecule has 0 saturated carbocycles. The van der Waals surface area contributed by atoms with E-state index in [1.807, 2.05) is 42.2 Å². The maximum atomic E-state index is 12.9. The van der Waals surface area contributed by atoms with Crippen LogP contribution in [0, 0.1) is 6.92 Å². The van der Waals surface area contributed by atoms with E-state index < -0.39 is 0 Å². The number of piperazine rings is 1. The third kappa shape index (κ3) is 4.51. The summed E-state index contributed by atoms with van der Waals surface area (Å²) in [5.74, 6) is 1.92. The van der Waals surface area contributed by atoms with Gasteiger partial charge in [0.25, 0.3) is 5.91 Å². The second-order valence-electron chi connectivity index (χ2n) is 7.12. The number of methoxy groups -OCH3 is 1. The molecular formula is C23H24N4O3. The van der Waals surface area contributed by atoms with Gasteiger partial charge in [0.15, 0.2) is 0 Å². The molecule has 0 atom stereocenters. The van der Waals surface area contributed by atoms with E-state index in [0.29, 0.717) is 30.3 Å². The fourth-order valence-electron chi connectivity index (χ4n) is 3.37. The molecule has 2 aromatic carbocycles. The maximum absolute atomic E-state index is 12.9. The van der Waals surface area contributed by atoms with E-state index in [-0.39, 0.29) is 5.91 Å². The quantitative estimate of drug-likeness (QED) is 0.648.